The minimum absolute atomic E-state index is 0.0289. The molecular formula is C54H73NO5SSi2. The average molecular weight is 904 g/mol. The van der Waals surface area contributed by atoms with Gasteiger partial charge in [-0.3, -0.25) is 4.79 Å². The van der Waals surface area contributed by atoms with Crippen LogP contribution in [0.25, 0.3) is 0 Å². The Balaban J connectivity index is 1.50. The summed E-state index contributed by atoms with van der Waals surface area (Å²) in [5, 5.41) is 4.69. The van der Waals surface area contributed by atoms with Crippen LogP contribution >= 0.6 is 12.2 Å². The highest BCUT2D eigenvalue weighted by Gasteiger charge is 2.64. The van der Waals surface area contributed by atoms with Crippen molar-refractivity contribution in [3.63, 3.8) is 0 Å². The average Bonchev–Trinajstić information content (AvgIpc) is 3.71. The molecule has 0 N–H and O–H groups in total. The van der Waals surface area contributed by atoms with Gasteiger partial charge in [-0.15, -0.1) is 0 Å². The number of carbonyl (C=O) groups is 1. The van der Waals surface area contributed by atoms with Gasteiger partial charge in [0.1, 0.15) is 5.72 Å². The third-order valence-electron chi connectivity index (χ3n) is 13.7. The lowest BCUT2D eigenvalue weighted by molar-refractivity contribution is -0.144. The van der Waals surface area contributed by atoms with Crippen molar-refractivity contribution in [3.05, 3.63) is 133 Å². The number of ether oxygens (including phenoxy) is 2. The number of unbranched alkanes of at least 4 members (excludes halogenated alkanes) is 2. The molecule has 4 unspecified atom stereocenters. The quantitative estimate of drug-likeness (QED) is 0.0288. The number of esters is 1. The normalized spacial score (nSPS) is 21.2. The number of rotatable bonds is 20. The van der Waals surface area contributed by atoms with Gasteiger partial charge >= 0.3 is 5.97 Å². The lowest BCUT2D eigenvalue weighted by Crippen LogP contribution is -2.68. The molecule has 1 aliphatic heterocycles. The Labute approximate surface area is 387 Å². The molecule has 4 aromatic rings. The lowest BCUT2D eigenvalue weighted by Gasteiger charge is -2.46. The summed E-state index contributed by atoms with van der Waals surface area (Å²) >= 11 is 6.26. The molecule has 1 saturated heterocycles. The fraction of sp³-hybridized carbons (Fsp3) is 0.481. The predicted octanol–water partition coefficient (Wildman–Crippen LogP) is 10.4. The van der Waals surface area contributed by atoms with Crippen molar-refractivity contribution < 1.29 is 23.1 Å². The molecule has 2 fully saturated rings. The molecule has 0 spiro atoms. The van der Waals surface area contributed by atoms with Crippen molar-refractivity contribution in [1.29, 1.82) is 0 Å². The number of fused-ring (bicyclic) bond motifs is 1. The molecule has 5 atom stereocenters. The largest absolute Gasteiger partial charge is 0.466 e. The molecule has 4 aromatic carbocycles. The summed E-state index contributed by atoms with van der Waals surface area (Å²) in [6, 6.07) is 43.9. The number of thiocarbonyl (C=S) groups is 1. The van der Waals surface area contributed by atoms with Crippen molar-refractivity contribution in [2.24, 2.45) is 11.8 Å². The molecule has 6 rings (SSSR count). The maximum Gasteiger partial charge on any atom is 0.305 e. The number of likely N-dealkylation sites (tertiary alicyclic amines) is 1. The molecule has 63 heavy (non-hydrogen) atoms. The minimum atomic E-state index is -3.00. The summed E-state index contributed by atoms with van der Waals surface area (Å²) < 4.78 is 28.2. The third-order valence-corrected chi connectivity index (χ3v) is 24.2. The maximum atomic E-state index is 12.5. The summed E-state index contributed by atoms with van der Waals surface area (Å²) in [7, 11) is -4.05. The van der Waals surface area contributed by atoms with E-state index in [1.165, 1.54) is 20.7 Å². The Hall–Kier alpha value is -3.71. The van der Waals surface area contributed by atoms with Crippen molar-refractivity contribution in [2.75, 3.05) is 20.3 Å². The molecule has 1 aliphatic carbocycles. The standard InChI is InChI=1S/C54H73NO5SSi2/c1-10-12-17-27-42(59-62(52(3,4)5,43-28-18-13-19-29-43)44-30-20-14-21-31-44)37-38-47-48-40-50(61)55(39-26-36-51(56)58-11-2)54(48,57-9)41-49(47)60-63(53(6,7)8,45-32-22-15-23-33-45)46-34-24-16-25-35-46/h13-16,18-25,28-35,37-38,42,47-49H,10-12,17,26-27,36,39-41H2,1-9H3/t42-,47?,48?,49?,54?/m0/s1. The number of hydrogen-bond donors (Lipinski definition) is 0. The number of benzene rings is 4. The Morgan fingerprint density at radius 1 is 0.762 bits per heavy atom. The summed E-state index contributed by atoms with van der Waals surface area (Å²) in [4.78, 5) is 15.7. The first-order valence-electron chi connectivity index (χ1n) is 23.5. The third kappa shape index (κ3) is 10.1. The van der Waals surface area contributed by atoms with Gasteiger partial charge in [-0.2, -0.15) is 0 Å². The molecule has 9 heteroatoms. The van der Waals surface area contributed by atoms with Crippen molar-refractivity contribution in [3.8, 4) is 0 Å². The number of hydrogen-bond acceptors (Lipinski definition) is 6. The predicted molar refractivity (Wildman–Crippen MR) is 269 cm³/mol. The molecule has 338 valence electrons. The van der Waals surface area contributed by atoms with Crippen LogP contribution in [-0.4, -0.2) is 70.7 Å². The molecule has 6 nitrogen and oxygen atoms in total. The summed E-state index contributed by atoms with van der Waals surface area (Å²) in [5.41, 5.74) is -0.701. The van der Waals surface area contributed by atoms with Gasteiger partial charge in [0.05, 0.1) is 23.8 Å². The first-order valence-corrected chi connectivity index (χ1v) is 27.7. The van der Waals surface area contributed by atoms with Crippen LogP contribution in [0.3, 0.4) is 0 Å². The molecule has 1 heterocycles. The van der Waals surface area contributed by atoms with E-state index in [4.69, 9.17) is 30.5 Å². The SMILES string of the molecule is CCCCC[C@@H](C=CC1C(O[Si](c2ccccc2)(c2ccccc2)C(C)(C)C)CC2(OC)C1CC(=S)N2CCCC(=O)OCC)O[Si](c1ccccc1)(c1ccccc1)C(C)(C)C. The first kappa shape index (κ1) is 48.7. The van der Waals surface area contributed by atoms with Gasteiger partial charge in [0.25, 0.3) is 16.6 Å². The second-order valence-electron chi connectivity index (χ2n) is 19.6. The van der Waals surface area contributed by atoms with Gasteiger partial charge in [0.15, 0.2) is 0 Å². The summed E-state index contributed by atoms with van der Waals surface area (Å²) in [6.45, 7) is 19.2. The van der Waals surface area contributed by atoms with Gasteiger partial charge in [-0.05, 0) is 50.6 Å². The molecular weight excluding hydrogens is 831 g/mol. The molecule has 2 aliphatic rings. The molecule has 0 amide bonds. The lowest BCUT2D eigenvalue weighted by atomic mass is 9.89. The van der Waals surface area contributed by atoms with Crippen molar-refractivity contribution in [2.45, 2.75) is 135 Å². The van der Waals surface area contributed by atoms with Crippen molar-refractivity contribution in [1.82, 2.24) is 4.90 Å². The zero-order valence-corrected chi connectivity index (χ0v) is 42.3. The zero-order chi connectivity index (χ0) is 45.3. The molecule has 0 radical (unpaired) electrons. The Bertz CT molecular complexity index is 2010. The van der Waals surface area contributed by atoms with Crippen LogP contribution in [0.5, 0.6) is 0 Å². The van der Waals surface area contributed by atoms with E-state index in [0.29, 0.717) is 38.8 Å². The minimum Gasteiger partial charge on any atom is -0.466 e. The van der Waals surface area contributed by atoms with E-state index < -0.39 is 22.4 Å². The fourth-order valence-electron chi connectivity index (χ4n) is 10.8. The molecule has 0 bridgehead atoms. The van der Waals surface area contributed by atoms with Crippen LogP contribution in [0.2, 0.25) is 10.1 Å². The van der Waals surface area contributed by atoms with Crippen molar-refractivity contribution >= 4 is 60.6 Å². The first-order chi connectivity index (χ1) is 30.2. The topological polar surface area (TPSA) is 57.2 Å². The van der Waals surface area contributed by atoms with Crippen LogP contribution in [0, 0.1) is 11.8 Å². The zero-order valence-electron chi connectivity index (χ0n) is 39.5. The highest BCUT2D eigenvalue weighted by molar-refractivity contribution is 7.80. The number of nitrogens with zero attached hydrogens (tertiary/aromatic N) is 1. The Morgan fingerprint density at radius 2 is 1.25 bits per heavy atom. The highest BCUT2D eigenvalue weighted by Crippen LogP contribution is 2.55. The summed E-state index contributed by atoms with van der Waals surface area (Å²) in [5.74, 6) is -0.182. The Kier molecular flexibility index (Phi) is 16.3. The van der Waals surface area contributed by atoms with Gasteiger partial charge in [0, 0.05) is 44.8 Å². The van der Waals surface area contributed by atoms with Crippen LogP contribution in [0.15, 0.2) is 133 Å². The Morgan fingerprint density at radius 3 is 1.70 bits per heavy atom. The van der Waals surface area contributed by atoms with E-state index in [1.54, 1.807) is 0 Å². The molecule has 1 saturated carbocycles. The van der Waals surface area contributed by atoms with Gasteiger partial charge in [0.2, 0.25) is 0 Å². The fourth-order valence-corrected chi connectivity index (χ4v) is 20.6. The summed E-state index contributed by atoms with van der Waals surface area (Å²) in [6.07, 6.45) is 11.1. The van der Waals surface area contributed by atoms with Crippen LogP contribution in [0.1, 0.15) is 107 Å². The van der Waals surface area contributed by atoms with Gasteiger partial charge < -0.3 is 23.2 Å². The van der Waals surface area contributed by atoms with Gasteiger partial charge in [-0.1, -0.05) is 213 Å². The highest BCUT2D eigenvalue weighted by atomic mass is 32.1. The second kappa shape index (κ2) is 21.1. The van der Waals surface area contributed by atoms with E-state index in [1.807, 2.05) is 14.0 Å². The van der Waals surface area contributed by atoms with E-state index in [2.05, 4.69) is 187 Å². The van der Waals surface area contributed by atoms with Crippen LogP contribution in [-0.2, 0) is 23.1 Å². The smallest absolute Gasteiger partial charge is 0.305 e. The van der Waals surface area contributed by atoms with E-state index in [9.17, 15) is 4.79 Å². The second-order valence-corrected chi connectivity index (χ2v) is 28.6. The number of methoxy groups -OCH3 is 1. The monoisotopic (exact) mass is 903 g/mol. The maximum absolute atomic E-state index is 12.5. The van der Waals surface area contributed by atoms with Crippen LogP contribution in [0.4, 0.5) is 0 Å². The van der Waals surface area contributed by atoms with Gasteiger partial charge in [-0.25, -0.2) is 0 Å². The number of carbonyl (C=O) groups excluding carboxylic acids is 1. The van der Waals surface area contributed by atoms with E-state index >= 15 is 0 Å². The van der Waals surface area contributed by atoms with Crippen LogP contribution < -0.4 is 20.7 Å². The molecule has 0 aromatic heterocycles. The van der Waals surface area contributed by atoms with E-state index in [-0.39, 0.29) is 40.1 Å². The van der Waals surface area contributed by atoms with E-state index in [0.717, 1.165) is 30.7 Å².